The highest BCUT2D eigenvalue weighted by atomic mass is 127. The number of halogens is 2. The molecule has 5 nitrogen and oxygen atoms in total. The van der Waals surface area contributed by atoms with E-state index >= 15 is 0 Å². The fourth-order valence-electron chi connectivity index (χ4n) is 4.09. The quantitative estimate of drug-likeness (QED) is 0.143. The Hall–Kier alpha value is -2.57. The topological polar surface area (TPSA) is 55.8 Å². The number of hydrogen-bond acceptors (Lipinski definition) is 5. The summed E-state index contributed by atoms with van der Waals surface area (Å²) in [7, 11) is 1.59. The Balaban J connectivity index is 1.36. The van der Waals surface area contributed by atoms with E-state index < -0.39 is 0 Å². The second-order valence-electron chi connectivity index (χ2n) is 8.36. The van der Waals surface area contributed by atoms with Crippen LogP contribution in [0, 0.1) is 7.14 Å². The van der Waals surface area contributed by atoms with E-state index in [0.29, 0.717) is 23.0 Å². The third-order valence-electron chi connectivity index (χ3n) is 5.93. The molecule has 8 heteroatoms. The summed E-state index contributed by atoms with van der Waals surface area (Å²) in [6.07, 6.45) is 1.74. The molecule has 0 radical (unpaired) electrons. The van der Waals surface area contributed by atoms with Gasteiger partial charge in [0.15, 0.2) is 11.5 Å². The maximum atomic E-state index is 13.2. The zero-order valence-corrected chi connectivity index (χ0v) is 24.9. The van der Waals surface area contributed by atoms with E-state index in [2.05, 4.69) is 45.2 Å². The summed E-state index contributed by atoms with van der Waals surface area (Å²) in [5, 5.41) is 1.84. The minimum Gasteiger partial charge on any atom is -0.493 e. The Labute approximate surface area is 246 Å². The van der Waals surface area contributed by atoms with Crippen molar-refractivity contribution in [3.63, 3.8) is 0 Å². The van der Waals surface area contributed by atoms with E-state index in [1.54, 1.807) is 13.2 Å². The number of carbonyl (C=O) groups excluding carboxylic acids is 2. The molecule has 0 atom stereocenters. The van der Waals surface area contributed by atoms with Crippen molar-refractivity contribution >= 4 is 84.9 Å². The van der Waals surface area contributed by atoms with Crippen LogP contribution in [0.2, 0.25) is 0 Å². The van der Waals surface area contributed by atoms with Crippen molar-refractivity contribution in [2.24, 2.45) is 0 Å². The number of rotatable bonds is 7. The molecule has 1 aliphatic heterocycles. The average Bonchev–Trinajstić information content (AvgIpc) is 3.16. The number of carbonyl (C=O) groups is 2. The molecular weight excluding hydrogens is 712 g/mol. The Bertz CT molecular complexity index is 1530. The molecule has 0 unspecified atom stereocenters. The number of amides is 2. The van der Waals surface area contributed by atoms with Crippen LogP contribution in [-0.4, -0.2) is 23.2 Å². The molecule has 1 saturated heterocycles. The number of ether oxygens (including phenoxy) is 2. The molecule has 0 saturated carbocycles. The fraction of sp³-hybridized carbons (Fsp3) is 0.103. The van der Waals surface area contributed by atoms with Gasteiger partial charge in [-0.15, -0.1) is 0 Å². The highest BCUT2D eigenvalue weighted by Crippen LogP contribution is 2.38. The number of fused-ring (bicyclic) bond motifs is 1. The van der Waals surface area contributed by atoms with Crippen molar-refractivity contribution in [2.75, 3.05) is 7.11 Å². The van der Waals surface area contributed by atoms with Gasteiger partial charge in [-0.05, 0) is 115 Å². The summed E-state index contributed by atoms with van der Waals surface area (Å²) < 4.78 is 13.7. The van der Waals surface area contributed by atoms with Crippen molar-refractivity contribution in [3.8, 4) is 11.5 Å². The summed E-state index contributed by atoms with van der Waals surface area (Å²) in [4.78, 5) is 27.7. The van der Waals surface area contributed by atoms with Crippen molar-refractivity contribution in [3.05, 3.63) is 108 Å². The number of nitrogens with zero attached hydrogens (tertiary/aromatic N) is 1. The van der Waals surface area contributed by atoms with Crippen LogP contribution < -0.4 is 9.47 Å². The van der Waals surface area contributed by atoms with Crippen LogP contribution in [0.1, 0.15) is 16.7 Å². The van der Waals surface area contributed by atoms with Crippen molar-refractivity contribution in [1.82, 2.24) is 4.90 Å². The second-order valence-corrected chi connectivity index (χ2v) is 11.8. The van der Waals surface area contributed by atoms with Crippen LogP contribution in [0.5, 0.6) is 11.5 Å². The lowest BCUT2D eigenvalue weighted by atomic mass is 10.0. The monoisotopic (exact) mass is 733 g/mol. The standard InChI is InChI=1S/C29H21I2NO4S/c1-35-25-14-19(13-24(31)27(25)36-17-18-9-11-22(30)12-10-18)15-26-28(33)32(29(34)37-26)16-21-7-4-6-20-5-2-3-8-23(20)21/h2-15H,16-17H2,1H3/b26-15+. The van der Waals surface area contributed by atoms with E-state index in [9.17, 15) is 9.59 Å². The molecule has 1 heterocycles. The first-order valence-electron chi connectivity index (χ1n) is 11.4. The van der Waals surface area contributed by atoms with Gasteiger partial charge in [0.2, 0.25) is 0 Å². The van der Waals surface area contributed by atoms with Gasteiger partial charge in [-0.2, -0.15) is 0 Å². The van der Waals surface area contributed by atoms with E-state index in [4.69, 9.17) is 9.47 Å². The van der Waals surface area contributed by atoms with Crippen LogP contribution in [0.4, 0.5) is 4.79 Å². The Kier molecular flexibility index (Phi) is 8.06. The van der Waals surface area contributed by atoms with Crippen molar-refractivity contribution in [1.29, 1.82) is 0 Å². The zero-order chi connectivity index (χ0) is 25.9. The molecule has 4 aromatic carbocycles. The maximum absolute atomic E-state index is 13.2. The van der Waals surface area contributed by atoms with Crippen LogP contribution >= 0.6 is 56.9 Å². The van der Waals surface area contributed by atoms with Gasteiger partial charge in [0.1, 0.15) is 6.61 Å². The number of hydrogen-bond donors (Lipinski definition) is 0. The molecule has 0 spiro atoms. The SMILES string of the molecule is COc1cc(/C=C2/SC(=O)N(Cc3cccc4ccccc34)C2=O)cc(I)c1OCc1ccc(I)cc1. The molecule has 186 valence electrons. The molecule has 5 rings (SSSR count). The van der Waals surface area contributed by atoms with Crippen LogP contribution in [0.15, 0.2) is 83.8 Å². The van der Waals surface area contributed by atoms with Gasteiger partial charge in [-0.25, -0.2) is 0 Å². The smallest absolute Gasteiger partial charge is 0.293 e. The maximum Gasteiger partial charge on any atom is 0.293 e. The molecule has 2 amide bonds. The van der Waals surface area contributed by atoms with Gasteiger partial charge >= 0.3 is 0 Å². The molecule has 0 aromatic heterocycles. The van der Waals surface area contributed by atoms with Gasteiger partial charge in [-0.3, -0.25) is 14.5 Å². The van der Waals surface area contributed by atoms with Gasteiger partial charge in [-0.1, -0.05) is 54.6 Å². The molecule has 37 heavy (non-hydrogen) atoms. The molecule has 0 bridgehead atoms. The largest absolute Gasteiger partial charge is 0.493 e. The lowest BCUT2D eigenvalue weighted by molar-refractivity contribution is -0.123. The number of thioether (sulfide) groups is 1. The third kappa shape index (κ3) is 5.80. The Morgan fingerprint density at radius 2 is 1.70 bits per heavy atom. The summed E-state index contributed by atoms with van der Waals surface area (Å²) in [5.74, 6) is 0.914. The van der Waals surface area contributed by atoms with Crippen molar-refractivity contribution < 1.29 is 19.1 Å². The summed E-state index contributed by atoms with van der Waals surface area (Å²) in [6, 6.07) is 25.8. The molecule has 1 fully saturated rings. The lowest BCUT2D eigenvalue weighted by Crippen LogP contribution is -2.27. The lowest BCUT2D eigenvalue weighted by Gasteiger charge is -2.15. The van der Waals surface area contributed by atoms with Gasteiger partial charge in [0, 0.05) is 3.57 Å². The predicted octanol–water partition coefficient (Wildman–Crippen LogP) is 7.87. The van der Waals surface area contributed by atoms with E-state index in [1.165, 1.54) is 8.47 Å². The molecule has 4 aromatic rings. The molecule has 0 N–H and O–H groups in total. The summed E-state index contributed by atoms with van der Waals surface area (Å²) >= 11 is 5.43. The molecule has 0 aliphatic carbocycles. The van der Waals surface area contributed by atoms with Gasteiger partial charge in [0.05, 0.1) is 22.1 Å². The zero-order valence-electron chi connectivity index (χ0n) is 19.7. The number of imide groups is 1. The average molecular weight is 733 g/mol. The third-order valence-corrected chi connectivity index (χ3v) is 8.36. The Morgan fingerprint density at radius 1 is 0.946 bits per heavy atom. The highest BCUT2D eigenvalue weighted by molar-refractivity contribution is 14.1. The minimum atomic E-state index is -0.295. The van der Waals surface area contributed by atoms with Crippen LogP contribution in [0.3, 0.4) is 0 Å². The van der Waals surface area contributed by atoms with Crippen LogP contribution in [-0.2, 0) is 17.9 Å². The molecular formula is C29H21I2NO4S. The number of methoxy groups -OCH3 is 1. The van der Waals surface area contributed by atoms with Crippen molar-refractivity contribution in [2.45, 2.75) is 13.2 Å². The highest BCUT2D eigenvalue weighted by Gasteiger charge is 2.35. The first-order chi connectivity index (χ1) is 17.9. The Morgan fingerprint density at radius 3 is 2.49 bits per heavy atom. The predicted molar refractivity (Wildman–Crippen MR) is 165 cm³/mol. The number of benzene rings is 4. The summed E-state index contributed by atoms with van der Waals surface area (Å²) in [5.41, 5.74) is 2.76. The normalized spacial score (nSPS) is 14.6. The van der Waals surface area contributed by atoms with Crippen LogP contribution in [0.25, 0.3) is 16.8 Å². The fourth-order valence-corrected chi connectivity index (χ4v) is 6.07. The first-order valence-corrected chi connectivity index (χ1v) is 14.4. The van der Waals surface area contributed by atoms with Gasteiger partial charge in [0.25, 0.3) is 11.1 Å². The van der Waals surface area contributed by atoms with Gasteiger partial charge < -0.3 is 9.47 Å². The first kappa shape index (κ1) is 26.1. The minimum absolute atomic E-state index is 0.232. The summed E-state index contributed by atoms with van der Waals surface area (Å²) in [6.45, 7) is 0.644. The van der Waals surface area contributed by atoms with E-state index in [0.717, 1.165) is 42.8 Å². The van der Waals surface area contributed by atoms with E-state index in [-0.39, 0.29) is 17.7 Å². The second kappa shape index (κ2) is 11.4. The molecule has 1 aliphatic rings. The van der Waals surface area contributed by atoms with E-state index in [1.807, 2.05) is 78.9 Å².